The van der Waals surface area contributed by atoms with Crippen LogP contribution in [0.4, 0.5) is 0 Å². The van der Waals surface area contributed by atoms with Crippen molar-refractivity contribution in [3.63, 3.8) is 0 Å². The van der Waals surface area contributed by atoms with Crippen LogP contribution in [0.2, 0.25) is 0 Å². The third-order valence-corrected chi connectivity index (χ3v) is 6.33. The largest absolute Gasteiger partial charge is 0.492 e. The average Bonchev–Trinajstić information content (AvgIpc) is 3.23. The number of nitrogens with zero attached hydrogens (tertiary/aromatic N) is 3. The van der Waals surface area contributed by atoms with E-state index in [0.717, 1.165) is 43.1 Å². The lowest BCUT2D eigenvalue weighted by Crippen LogP contribution is -2.37. The Labute approximate surface area is 173 Å². The van der Waals surface area contributed by atoms with E-state index in [1.807, 2.05) is 24.5 Å². The van der Waals surface area contributed by atoms with Gasteiger partial charge in [-0.15, -0.1) is 0 Å². The van der Waals surface area contributed by atoms with Gasteiger partial charge in [0.15, 0.2) is 0 Å². The summed E-state index contributed by atoms with van der Waals surface area (Å²) in [6.45, 7) is 6.44. The van der Waals surface area contributed by atoms with Crippen molar-refractivity contribution in [2.45, 2.75) is 38.6 Å². The molecule has 0 saturated carbocycles. The molecule has 2 aromatic rings. The summed E-state index contributed by atoms with van der Waals surface area (Å²) < 4.78 is 13.7. The summed E-state index contributed by atoms with van der Waals surface area (Å²) in [7, 11) is 0. The van der Waals surface area contributed by atoms with Crippen LogP contribution in [0.25, 0.3) is 11.4 Å². The zero-order valence-electron chi connectivity index (χ0n) is 17.3. The molecule has 158 valence electrons. The standard InChI is InChI=1S/C23H33N3O3/c27-19-23(7-14-28-15-8-23)18-26-12-9-24-22(26)20-5-4-6-21(17-20)29-16-13-25-10-2-1-3-11-25/h4-6,9,12,17,27H,1-3,7-8,10-11,13-16,18-19H2. The minimum atomic E-state index is -0.129. The second kappa shape index (κ2) is 9.74. The molecular formula is C23H33N3O3. The van der Waals surface area contributed by atoms with Gasteiger partial charge in [-0.25, -0.2) is 4.98 Å². The number of rotatable bonds is 8. The fourth-order valence-corrected chi connectivity index (χ4v) is 4.43. The Balaban J connectivity index is 1.41. The molecule has 29 heavy (non-hydrogen) atoms. The Morgan fingerprint density at radius 1 is 1.14 bits per heavy atom. The molecule has 1 aromatic carbocycles. The average molecular weight is 400 g/mol. The van der Waals surface area contributed by atoms with Gasteiger partial charge in [0.25, 0.3) is 0 Å². The van der Waals surface area contributed by atoms with Gasteiger partial charge in [-0.1, -0.05) is 18.6 Å². The van der Waals surface area contributed by atoms with Crippen molar-refractivity contribution >= 4 is 0 Å². The molecule has 6 heteroatoms. The number of hydrogen-bond donors (Lipinski definition) is 1. The first kappa shape index (κ1) is 20.4. The number of ether oxygens (including phenoxy) is 2. The summed E-state index contributed by atoms with van der Waals surface area (Å²) in [4.78, 5) is 7.09. The number of imidazole rings is 1. The van der Waals surface area contributed by atoms with Gasteiger partial charge in [0.1, 0.15) is 18.2 Å². The monoisotopic (exact) mass is 399 g/mol. The lowest BCUT2D eigenvalue weighted by Gasteiger charge is -2.36. The summed E-state index contributed by atoms with van der Waals surface area (Å²) >= 11 is 0. The maximum absolute atomic E-state index is 10.0. The van der Waals surface area contributed by atoms with Gasteiger partial charge in [-0.2, -0.15) is 0 Å². The van der Waals surface area contributed by atoms with Crippen molar-refractivity contribution in [2.24, 2.45) is 5.41 Å². The summed E-state index contributed by atoms with van der Waals surface area (Å²) in [5.74, 6) is 1.81. The summed E-state index contributed by atoms with van der Waals surface area (Å²) in [5.41, 5.74) is 0.918. The SMILES string of the molecule is OCC1(Cn2ccnc2-c2cccc(OCCN3CCCCC3)c2)CCOCC1. The first-order chi connectivity index (χ1) is 14.3. The van der Waals surface area contributed by atoms with Crippen LogP contribution in [0, 0.1) is 5.41 Å². The topological polar surface area (TPSA) is 59.8 Å². The van der Waals surface area contributed by atoms with Gasteiger partial charge >= 0.3 is 0 Å². The maximum atomic E-state index is 10.0. The van der Waals surface area contributed by atoms with E-state index in [4.69, 9.17) is 9.47 Å². The van der Waals surface area contributed by atoms with E-state index >= 15 is 0 Å². The van der Waals surface area contributed by atoms with Gasteiger partial charge < -0.3 is 19.1 Å². The zero-order chi connectivity index (χ0) is 19.9. The molecule has 0 amide bonds. The van der Waals surface area contributed by atoms with E-state index in [9.17, 15) is 5.11 Å². The van der Waals surface area contributed by atoms with Crippen LogP contribution in [-0.2, 0) is 11.3 Å². The van der Waals surface area contributed by atoms with E-state index in [0.29, 0.717) is 19.8 Å². The molecule has 0 radical (unpaired) electrons. The lowest BCUT2D eigenvalue weighted by molar-refractivity contribution is -0.0250. The van der Waals surface area contributed by atoms with Crippen molar-refractivity contribution in [1.82, 2.24) is 14.5 Å². The maximum Gasteiger partial charge on any atom is 0.140 e. The molecule has 2 aliphatic heterocycles. The third-order valence-electron chi connectivity index (χ3n) is 6.33. The fourth-order valence-electron chi connectivity index (χ4n) is 4.43. The molecule has 0 aliphatic carbocycles. The van der Waals surface area contributed by atoms with Gasteiger partial charge in [0.2, 0.25) is 0 Å². The fraction of sp³-hybridized carbons (Fsp3) is 0.609. The Hall–Kier alpha value is -1.89. The van der Waals surface area contributed by atoms with E-state index < -0.39 is 0 Å². The van der Waals surface area contributed by atoms with E-state index in [1.165, 1.54) is 32.4 Å². The van der Waals surface area contributed by atoms with E-state index in [1.54, 1.807) is 0 Å². The molecule has 0 unspecified atom stereocenters. The van der Waals surface area contributed by atoms with Crippen LogP contribution in [-0.4, -0.2) is 65.6 Å². The summed E-state index contributed by atoms with van der Waals surface area (Å²) in [6.07, 6.45) is 9.56. The van der Waals surface area contributed by atoms with Crippen LogP contribution in [0.1, 0.15) is 32.1 Å². The Morgan fingerprint density at radius 3 is 2.76 bits per heavy atom. The lowest BCUT2D eigenvalue weighted by atomic mass is 9.81. The van der Waals surface area contributed by atoms with Crippen LogP contribution < -0.4 is 4.74 Å². The molecule has 0 atom stereocenters. The molecular weight excluding hydrogens is 366 g/mol. The summed E-state index contributed by atoms with van der Waals surface area (Å²) in [5, 5.41) is 10.0. The second-order valence-corrected chi connectivity index (χ2v) is 8.43. The van der Waals surface area contributed by atoms with Gasteiger partial charge in [-0.3, -0.25) is 4.90 Å². The Kier molecular flexibility index (Phi) is 6.85. The number of likely N-dealkylation sites (tertiary alicyclic amines) is 1. The smallest absolute Gasteiger partial charge is 0.140 e. The highest BCUT2D eigenvalue weighted by Crippen LogP contribution is 2.33. The zero-order valence-corrected chi connectivity index (χ0v) is 17.3. The predicted molar refractivity (Wildman–Crippen MR) is 113 cm³/mol. The van der Waals surface area contributed by atoms with Gasteiger partial charge in [-0.05, 0) is 50.9 Å². The number of piperidine rings is 1. The molecule has 1 N–H and O–H groups in total. The van der Waals surface area contributed by atoms with Gasteiger partial charge in [0, 0.05) is 49.7 Å². The highest BCUT2D eigenvalue weighted by molar-refractivity contribution is 5.58. The number of hydrogen-bond acceptors (Lipinski definition) is 5. The number of aliphatic hydroxyl groups is 1. The van der Waals surface area contributed by atoms with Gasteiger partial charge in [0.05, 0.1) is 6.61 Å². The second-order valence-electron chi connectivity index (χ2n) is 8.43. The molecule has 0 bridgehead atoms. The molecule has 1 aromatic heterocycles. The molecule has 6 nitrogen and oxygen atoms in total. The highest BCUT2D eigenvalue weighted by atomic mass is 16.5. The van der Waals surface area contributed by atoms with Crippen molar-refractivity contribution in [2.75, 3.05) is 46.1 Å². The van der Waals surface area contributed by atoms with Crippen molar-refractivity contribution in [1.29, 1.82) is 0 Å². The van der Waals surface area contributed by atoms with Crippen molar-refractivity contribution in [3.8, 4) is 17.1 Å². The normalized spacial score (nSPS) is 19.9. The molecule has 2 saturated heterocycles. The first-order valence-electron chi connectivity index (χ1n) is 10.9. The molecule has 2 fully saturated rings. The molecule has 0 spiro atoms. The number of aliphatic hydroxyl groups excluding tert-OH is 1. The van der Waals surface area contributed by atoms with E-state index in [2.05, 4.69) is 26.6 Å². The number of benzene rings is 1. The predicted octanol–water partition coefficient (Wildman–Crippen LogP) is 3.20. The van der Waals surface area contributed by atoms with Crippen LogP contribution in [0.3, 0.4) is 0 Å². The minimum absolute atomic E-state index is 0.129. The van der Waals surface area contributed by atoms with Crippen LogP contribution in [0.15, 0.2) is 36.7 Å². The number of aromatic nitrogens is 2. The Bertz CT molecular complexity index is 764. The quantitative estimate of drug-likeness (QED) is 0.739. The molecule has 4 rings (SSSR count). The highest BCUT2D eigenvalue weighted by Gasteiger charge is 2.33. The first-order valence-corrected chi connectivity index (χ1v) is 10.9. The molecule has 3 heterocycles. The van der Waals surface area contributed by atoms with Crippen molar-refractivity contribution < 1.29 is 14.6 Å². The minimum Gasteiger partial charge on any atom is -0.492 e. The Morgan fingerprint density at radius 2 is 1.97 bits per heavy atom. The van der Waals surface area contributed by atoms with Crippen LogP contribution >= 0.6 is 0 Å². The van der Waals surface area contributed by atoms with E-state index in [-0.39, 0.29) is 12.0 Å². The summed E-state index contributed by atoms with van der Waals surface area (Å²) in [6, 6.07) is 8.19. The van der Waals surface area contributed by atoms with Crippen LogP contribution in [0.5, 0.6) is 5.75 Å². The third kappa shape index (κ3) is 5.18. The molecule has 2 aliphatic rings. The van der Waals surface area contributed by atoms with Crippen molar-refractivity contribution in [3.05, 3.63) is 36.7 Å².